The Balaban J connectivity index is 1.51. The molecule has 1 amide bonds. The minimum Gasteiger partial charge on any atom is -0.366 e. The van der Waals surface area contributed by atoms with Gasteiger partial charge in [0.05, 0.1) is 18.3 Å². The molecule has 0 aliphatic carbocycles. The van der Waals surface area contributed by atoms with Crippen LogP contribution < -0.4 is 10.6 Å². The average molecular weight is 349 g/mol. The van der Waals surface area contributed by atoms with E-state index in [-0.39, 0.29) is 18.1 Å². The fourth-order valence-corrected chi connectivity index (χ4v) is 2.46. The molecular weight excluding hydrogens is 329 g/mol. The summed E-state index contributed by atoms with van der Waals surface area (Å²) in [7, 11) is 0. The molecule has 2 aromatic carbocycles. The van der Waals surface area contributed by atoms with Crippen molar-refractivity contribution in [3.8, 4) is 0 Å². The van der Waals surface area contributed by atoms with E-state index in [1.165, 1.54) is 23.3 Å². The van der Waals surface area contributed by atoms with Gasteiger partial charge in [0.1, 0.15) is 11.6 Å². The molecule has 0 bridgehead atoms. The van der Waals surface area contributed by atoms with E-state index in [9.17, 15) is 9.18 Å². The number of nitrogens with one attached hydrogen (secondary N) is 2. The number of pyridine rings is 1. The van der Waals surface area contributed by atoms with Crippen molar-refractivity contribution in [3.05, 3.63) is 89.4 Å². The van der Waals surface area contributed by atoms with Crippen molar-refractivity contribution >= 4 is 17.4 Å². The fourth-order valence-electron chi connectivity index (χ4n) is 2.46. The Bertz CT molecular complexity index is 859. The first kappa shape index (κ1) is 17.6. The molecular formula is C21H20FN3O. The van der Waals surface area contributed by atoms with Gasteiger partial charge in [-0.15, -0.1) is 0 Å². The molecule has 26 heavy (non-hydrogen) atoms. The Hall–Kier alpha value is -3.21. The lowest BCUT2D eigenvalue weighted by Crippen LogP contribution is -2.14. The fraction of sp³-hybridized carbons (Fsp3) is 0.143. The minimum absolute atomic E-state index is 0.168. The van der Waals surface area contributed by atoms with Crippen molar-refractivity contribution in [2.24, 2.45) is 0 Å². The van der Waals surface area contributed by atoms with Crippen LogP contribution >= 0.6 is 0 Å². The molecule has 0 aliphatic heterocycles. The average Bonchev–Trinajstić information content (AvgIpc) is 2.64. The summed E-state index contributed by atoms with van der Waals surface area (Å²) < 4.78 is 12.9. The number of anilines is 2. The van der Waals surface area contributed by atoms with E-state index >= 15 is 0 Å². The second-order valence-electron chi connectivity index (χ2n) is 6.12. The van der Waals surface area contributed by atoms with Gasteiger partial charge in [0.25, 0.3) is 0 Å². The van der Waals surface area contributed by atoms with Gasteiger partial charge in [-0.3, -0.25) is 4.79 Å². The first-order valence-corrected chi connectivity index (χ1v) is 8.38. The number of carbonyl (C=O) groups excluding carboxylic acids is 1. The molecule has 4 nitrogen and oxygen atoms in total. The van der Waals surface area contributed by atoms with Crippen LogP contribution in [0.15, 0.2) is 66.9 Å². The summed E-state index contributed by atoms with van der Waals surface area (Å²) in [4.78, 5) is 16.3. The van der Waals surface area contributed by atoms with E-state index < -0.39 is 0 Å². The van der Waals surface area contributed by atoms with Crippen LogP contribution in [0.3, 0.4) is 0 Å². The van der Waals surface area contributed by atoms with Gasteiger partial charge < -0.3 is 10.6 Å². The van der Waals surface area contributed by atoms with E-state index in [4.69, 9.17) is 0 Å². The number of aryl methyl sites for hydroxylation is 1. The zero-order valence-corrected chi connectivity index (χ0v) is 14.5. The van der Waals surface area contributed by atoms with Crippen LogP contribution in [0.25, 0.3) is 0 Å². The van der Waals surface area contributed by atoms with Crippen LogP contribution in [-0.4, -0.2) is 10.9 Å². The molecule has 132 valence electrons. The molecule has 0 saturated heterocycles. The highest BCUT2D eigenvalue weighted by atomic mass is 19.1. The van der Waals surface area contributed by atoms with Crippen molar-refractivity contribution in [2.75, 3.05) is 10.6 Å². The van der Waals surface area contributed by atoms with E-state index in [1.54, 1.807) is 24.4 Å². The van der Waals surface area contributed by atoms with Crippen molar-refractivity contribution < 1.29 is 9.18 Å². The van der Waals surface area contributed by atoms with Crippen LogP contribution in [0.5, 0.6) is 0 Å². The van der Waals surface area contributed by atoms with Crippen molar-refractivity contribution in [1.82, 2.24) is 4.98 Å². The second kappa shape index (κ2) is 8.25. The zero-order chi connectivity index (χ0) is 18.4. The number of benzene rings is 2. The van der Waals surface area contributed by atoms with E-state index in [0.717, 1.165) is 11.4 Å². The largest absolute Gasteiger partial charge is 0.366 e. The number of nitrogens with zero attached hydrogens (tertiary/aromatic N) is 1. The third kappa shape index (κ3) is 5.14. The van der Waals surface area contributed by atoms with Crippen LogP contribution in [0.2, 0.25) is 0 Å². The molecule has 1 heterocycles. The summed E-state index contributed by atoms with van der Waals surface area (Å²) in [5.74, 6) is 0.257. The molecule has 0 saturated carbocycles. The minimum atomic E-state index is -0.313. The van der Waals surface area contributed by atoms with E-state index in [2.05, 4.69) is 46.8 Å². The number of amides is 1. The van der Waals surface area contributed by atoms with Gasteiger partial charge >= 0.3 is 0 Å². The maximum atomic E-state index is 12.9. The Morgan fingerprint density at radius 1 is 0.962 bits per heavy atom. The van der Waals surface area contributed by atoms with Crippen molar-refractivity contribution in [3.63, 3.8) is 0 Å². The highest BCUT2D eigenvalue weighted by molar-refractivity contribution is 5.92. The van der Waals surface area contributed by atoms with Crippen LogP contribution in [0.4, 0.5) is 15.9 Å². The quantitative estimate of drug-likeness (QED) is 0.697. The van der Waals surface area contributed by atoms with E-state index in [1.807, 2.05) is 6.07 Å². The Kier molecular flexibility index (Phi) is 5.59. The number of aromatic nitrogens is 1. The third-order valence-electron chi connectivity index (χ3n) is 3.92. The SMILES string of the molecule is Cc1ccc(CNc2ccc(NC(=O)Cc3ccc(F)cc3)cn2)cc1. The van der Waals surface area contributed by atoms with Crippen LogP contribution in [0.1, 0.15) is 16.7 Å². The molecule has 3 rings (SSSR count). The molecule has 2 N–H and O–H groups in total. The topological polar surface area (TPSA) is 54.0 Å². The van der Waals surface area contributed by atoms with Gasteiger partial charge in [0, 0.05) is 6.54 Å². The molecule has 0 fully saturated rings. The summed E-state index contributed by atoms with van der Waals surface area (Å²) in [5, 5.41) is 6.04. The van der Waals surface area contributed by atoms with Gasteiger partial charge in [-0.2, -0.15) is 0 Å². The standard InChI is InChI=1S/C21H20FN3O/c1-15-2-4-17(5-3-15)13-23-20-11-10-19(14-24-20)25-21(26)12-16-6-8-18(22)9-7-16/h2-11,14H,12-13H2,1H3,(H,23,24)(H,25,26). The van der Waals surface area contributed by atoms with Crippen LogP contribution in [0, 0.1) is 12.7 Å². The number of halogens is 1. The lowest BCUT2D eigenvalue weighted by molar-refractivity contribution is -0.115. The predicted octanol–water partition coefficient (Wildman–Crippen LogP) is 4.32. The third-order valence-corrected chi connectivity index (χ3v) is 3.92. The molecule has 0 unspecified atom stereocenters. The smallest absolute Gasteiger partial charge is 0.228 e. The number of rotatable bonds is 6. The van der Waals surface area contributed by atoms with Crippen molar-refractivity contribution in [2.45, 2.75) is 19.9 Å². The van der Waals surface area contributed by atoms with Gasteiger partial charge in [0.2, 0.25) is 5.91 Å². The lowest BCUT2D eigenvalue weighted by Gasteiger charge is -2.08. The highest BCUT2D eigenvalue weighted by Crippen LogP contribution is 2.12. The second-order valence-corrected chi connectivity index (χ2v) is 6.12. The molecule has 0 aliphatic rings. The molecule has 0 atom stereocenters. The van der Waals surface area contributed by atoms with E-state index in [0.29, 0.717) is 12.2 Å². The summed E-state index contributed by atoms with van der Waals surface area (Å²) in [5.41, 5.74) is 3.79. The van der Waals surface area contributed by atoms with Gasteiger partial charge in [-0.25, -0.2) is 9.37 Å². The van der Waals surface area contributed by atoms with Gasteiger partial charge in [-0.05, 0) is 42.3 Å². The molecule has 1 aromatic heterocycles. The molecule has 3 aromatic rings. The highest BCUT2D eigenvalue weighted by Gasteiger charge is 2.05. The van der Waals surface area contributed by atoms with Crippen LogP contribution in [-0.2, 0) is 17.8 Å². The number of hydrogen-bond donors (Lipinski definition) is 2. The number of carbonyl (C=O) groups is 1. The first-order chi connectivity index (χ1) is 12.6. The molecule has 5 heteroatoms. The maximum Gasteiger partial charge on any atom is 0.228 e. The lowest BCUT2D eigenvalue weighted by atomic mass is 10.1. The maximum absolute atomic E-state index is 12.9. The number of hydrogen-bond acceptors (Lipinski definition) is 3. The van der Waals surface area contributed by atoms with Gasteiger partial charge in [-0.1, -0.05) is 42.0 Å². The Morgan fingerprint density at radius 3 is 2.31 bits per heavy atom. The summed E-state index contributed by atoms with van der Waals surface area (Å²) in [6, 6.07) is 17.8. The van der Waals surface area contributed by atoms with Gasteiger partial charge in [0.15, 0.2) is 0 Å². The normalized spacial score (nSPS) is 10.4. The summed E-state index contributed by atoms with van der Waals surface area (Å²) in [6.07, 6.45) is 1.80. The Morgan fingerprint density at radius 2 is 1.65 bits per heavy atom. The van der Waals surface area contributed by atoms with Crippen molar-refractivity contribution in [1.29, 1.82) is 0 Å². The monoisotopic (exact) mass is 349 g/mol. The summed E-state index contributed by atoms with van der Waals surface area (Å²) >= 11 is 0. The predicted molar refractivity (Wildman–Crippen MR) is 101 cm³/mol. The molecule has 0 radical (unpaired) electrons. The zero-order valence-electron chi connectivity index (χ0n) is 14.5. The Labute approximate surface area is 152 Å². The molecule has 0 spiro atoms. The summed E-state index contributed by atoms with van der Waals surface area (Å²) in [6.45, 7) is 2.74. The first-order valence-electron chi connectivity index (χ1n) is 8.38.